The molecule has 0 spiro atoms. The van der Waals surface area contributed by atoms with Gasteiger partial charge in [-0.15, -0.1) is 0 Å². The molecule has 5 heteroatoms. The Morgan fingerprint density at radius 1 is 1.14 bits per heavy atom. The number of carbonyl (C=O) groups excluding carboxylic acids is 1. The Morgan fingerprint density at radius 2 is 1.81 bits per heavy atom. The molecule has 2 aromatic carbocycles. The molecule has 110 valence electrons. The first-order valence-corrected chi connectivity index (χ1v) is 7.83. The summed E-state index contributed by atoms with van der Waals surface area (Å²) in [6.45, 7) is 2.52. The normalized spacial score (nSPS) is 10.2. The van der Waals surface area contributed by atoms with E-state index in [4.69, 9.17) is 11.6 Å². The molecule has 0 aliphatic rings. The van der Waals surface area contributed by atoms with Gasteiger partial charge >= 0.3 is 0 Å². The smallest absolute Gasteiger partial charge is 0.224 e. The van der Waals surface area contributed by atoms with Crippen molar-refractivity contribution in [2.45, 2.75) is 19.9 Å². The zero-order valence-corrected chi connectivity index (χ0v) is 14.0. The Labute approximate surface area is 137 Å². The van der Waals surface area contributed by atoms with Crippen molar-refractivity contribution in [3.63, 3.8) is 0 Å². The number of hydrogen-bond acceptors (Lipinski definition) is 2. The summed E-state index contributed by atoms with van der Waals surface area (Å²) < 4.78 is 0.981. The van der Waals surface area contributed by atoms with Gasteiger partial charge in [-0.1, -0.05) is 40.5 Å². The first kappa shape index (κ1) is 15.9. The number of halogens is 2. The van der Waals surface area contributed by atoms with E-state index in [9.17, 15) is 4.79 Å². The molecule has 0 heterocycles. The van der Waals surface area contributed by atoms with Gasteiger partial charge in [0.25, 0.3) is 0 Å². The highest BCUT2D eigenvalue weighted by Gasteiger charge is 2.02. The van der Waals surface area contributed by atoms with Crippen LogP contribution in [0.5, 0.6) is 0 Å². The van der Waals surface area contributed by atoms with E-state index in [1.165, 1.54) is 0 Å². The van der Waals surface area contributed by atoms with Crippen LogP contribution in [0, 0.1) is 0 Å². The van der Waals surface area contributed by atoms with Gasteiger partial charge in [0.2, 0.25) is 5.91 Å². The summed E-state index contributed by atoms with van der Waals surface area (Å²) in [7, 11) is 0. The van der Waals surface area contributed by atoms with Gasteiger partial charge in [-0.05, 0) is 42.0 Å². The van der Waals surface area contributed by atoms with Crippen LogP contribution in [0.4, 0.5) is 11.4 Å². The highest BCUT2D eigenvalue weighted by Crippen LogP contribution is 2.23. The van der Waals surface area contributed by atoms with Crippen molar-refractivity contribution in [2.75, 3.05) is 10.6 Å². The van der Waals surface area contributed by atoms with Crippen LogP contribution in [-0.4, -0.2) is 5.91 Å². The van der Waals surface area contributed by atoms with Gasteiger partial charge in [-0.3, -0.25) is 4.79 Å². The monoisotopic (exact) mass is 366 g/mol. The van der Waals surface area contributed by atoms with Gasteiger partial charge in [-0.25, -0.2) is 0 Å². The molecule has 0 saturated heterocycles. The minimum atomic E-state index is 0.0146. The van der Waals surface area contributed by atoms with Gasteiger partial charge in [0.1, 0.15) is 0 Å². The molecular formula is C16H16BrClN2O. The summed E-state index contributed by atoms with van der Waals surface area (Å²) >= 11 is 9.42. The van der Waals surface area contributed by atoms with Crippen LogP contribution in [0.1, 0.15) is 18.9 Å². The summed E-state index contributed by atoms with van der Waals surface area (Å²) in [5.74, 6) is 0.0146. The summed E-state index contributed by atoms with van der Waals surface area (Å²) in [5, 5.41) is 6.86. The maximum absolute atomic E-state index is 11.3. The number of carbonyl (C=O) groups is 1. The van der Waals surface area contributed by atoms with Gasteiger partial charge in [0.05, 0.1) is 0 Å². The second kappa shape index (κ2) is 7.48. The lowest BCUT2D eigenvalue weighted by atomic mass is 10.2. The molecule has 0 fully saturated rings. The third-order valence-corrected chi connectivity index (χ3v) is 3.96. The number of nitrogens with one attached hydrogen (secondary N) is 2. The zero-order valence-electron chi connectivity index (χ0n) is 11.6. The molecule has 0 bridgehead atoms. The molecule has 1 amide bonds. The highest BCUT2D eigenvalue weighted by molar-refractivity contribution is 9.10. The average molecular weight is 368 g/mol. The van der Waals surface area contributed by atoms with Crippen molar-refractivity contribution in [3.05, 3.63) is 57.5 Å². The molecule has 3 nitrogen and oxygen atoms in total. The Morgan fingerprint density at radius 3 is 2.43 bits per heavy atom. The van der Waals surface area contributed by atoms with E-state index in [2.05, 4.69) is 26.6 Å². The first-order chi connectivity index (χ1) is 10.1. The van der Waals surface area contributed by atoms with Gasteiger partial charge < -0.3 is 10.6 Å². The molecule has 2 N–H and O–H groups in total. The predicted molar refractivity (Wildman–Crippen MR) is 91.8 cm³/mol. The molecule has 0 aromatic heterocycles. The molecule has 0 aliphatic carbocycles. The van der Waals surface area contributed by atoms with E-state index in [-0.39, 0.29) is 5.91 Å². The number of anilines is 2. The van der Waals surface area contributed by atoms with Gasteiger partial charge in [-0.2, -0.15) is 0 Å². The van der Waals surface area contributed by atoms with Crippen LogP contribution in [0.3, 0.4) is 0 Å². The van der Waals surface area contributed by atoms with E-state index in [0.717, 1.165) is 21.4 Å². The average Bonchev–Trinajstić information content (AvgIpc) is 2.48. The summed E-state index contributed by atoms with van der Waals surface area (Å²) in [5.41, 5.74) is 2.93. The lowest BCUT2D eigenvalue weighted by Crippen LogP contribution is -2.09. The van der Waals surface area contributed by atoms with Crippen molar-refractivity contribution in [1.82, 2.24) is 0 Å². The zero-order chi connectivity index (χ0) is 15.2. The summed E-state index contributed by atoms with van der Waals surface area (Å²) in [6.07, 6.45) is 0.477. The predicted octanol–water partition coefficient (Wildman–Crippen LogP) is 5.06. The third-order valence-electron chi connectivity index (χ3n) is 2.99. The fourth-order valence-electron chi connectivity index (χ4n) is 1.78. The van der Waals surface area contributed by atoms with Crippen LogP contribution >= 0.6 is 27.5 Å². The molecule has 0 unspecified atom stereocenters. The second-order valence-electron chi connectivity index (χ2n) is 4.57. The number of rotatable bonds is 5. The van der Waals surface area contributed by atoms with Gasteiger partial charge in [0, 0.05) is 33.8 Å². The first-order valence-electron chi connectivity index (χ1n) is 6.66. The molecule has 2 aromatic rings. The third kappa shape index (κ3) is 4.76. The highest BCUT2D eigenvalue weighted by atomic mass is 79.9. The van der Waals surface area contributed by atoms with E-state index in [1.54, 1.807) is 0 Å². The van der Waals surface area contributed by atoms with Crippen molar-refractivity contribution in [2.24, 2.45) is 0 Å². The van der Waals surface area contributed by atoms with Crippen LogP contribution in [0.25, 0.3) is 0 Å². The summed E-state index contributed by atoms with van der Waals surface area (Å²) in [6, 6.07) is 13.4. The molecule has 2 rings (SSSR count). The lowest BCUT2D eigenvalue weighted by Gasteiger charge is -2.10. The molecule has 0 aliphatic heterocycles. The number of amides is 1. The standard InChI is InChI=1S/C16H16BrClN2O/c1-2-16(21)20-14-7-5-13(6-8-14)19-10-11-3-4-12(18)9-15(11)17/h3-9,19H,2,10H2,1H3,(H,20,21). The second-order valence-corrected chi connectivity index (χ2v) is 5.86. The van der Waals surface area contributed by atoms with Crippen molar-refractivity contribution < 1.29 is 4.79 Å². The van der Waals surface area contributed by atoms with E-state index < -0.39 is 0 Å². The topological polar surface area (TPSA) is 41.1 Å². The Hall–Kier alpha value is -1.52. The fourth-order valence-corrected chi connectivity index (χ4v) is 2.61. The van der Waals surface area contributed by atoms with E-state index in [0.29, 0.717) is 18.0 Å². The molecule has 0 saturated carbocycles. The van der Waals surface area contributed by atoms with Crippen molar-refractivity contribution >= 4 is 44.8 Å². The Bertz CT molecular complexity index is 629. The van der Waals surface area contributed by atoms with Crippen molar-refractivity contribution in [3.8, 4) is 0 Å². The minimum absolute atomic E-state index is 0.0146. The Kier molecular flexibility index (Phi) is 5.65. The molecular weight excluding hydrogens is 352 g/mol. The van der Waals surface area contributed by atoms with Crippen LogP contribution in [-0.2, 0) is 11.3 Å². The molecule has 0 radical (unpaired) electrons. The maximum Gasteiger partial charge on any atom is 0.224 e. The number of benzene rings is 2. The largest absolute Gasteiger partial charge is 0.381 e. The van der Waals surface area contributed by atoms with E-state index >= 15 is 0 Å². The van der Waals surface area contributed by atoms with Crippen molar-refractivity contribution in [1.29, 1.82) is 0 Å². The SMILES string of the molecule is CCC(=O)Nc1ccc(NCc2ccc(Cl)cc2Br)cc1. The number of hydrogen-bond donors (Lipinski definition) is 2. The quantitative estimate of drug-likeness (QED) is 0.775. The molecule has 0 atom stereocenters. The molecule has 21 heavy (non-hydrogen) atoms. The summed E-state index contributed by atoms with van der Waals surface area (Å²) in [4.78, 5) is 11.3. The maximum atomic E-state index is 11.3. The van der Waals surface area contributed by atoms with Crippen LogP contribution < -0.4 is 10.6 Å². The van der Waals surface area contributed by atoms with Gasteiger partial charge in [0.15, 0.2) is 0 Å². The Balaban J connectivity index is 1.96. The van der Waals surface area contributed by atoms with E-state index in [1.807, 2.05) is 49.4 Å². The minimum Gasteiger partial charge on any atom is -0.381 e. The van der Waals surface area contributed by atoms with Crippen LogP contribution in [0.2, 0.25) is 5.02 Å². The lowest BCUT2D eigenvalue weighted by molar-refractivity contribution is -0.115. The van der Waals surface area contributed by atoms with Crippen LogP contribution in [0.15, 0.2) is 46.9 Å². The fraction of sp³-hybridized carbons (Fsp3) is 0.188.